The second-order valence-corrected chi connectivity index (χ2v) is 10.0. The van der Waals surface area contributed by atoms with Crippen molar-refractivity contribution in [2.75, 3.05) is 11.9 Å². The van der Waals surface area contributed by atoms with E-state index >= 15 is 0 Å². The lowest BCUT2D eigenvalue weighted by atomic mass is 9.99. The van der Waals surface area contributed by atoms with Crippen molar-refractivity contribution in [1.29, 1.82) is 0 Å². The van der Waals surface area contributed by atoms with Gasteiger partial charge in [-0.25, -0.2) is 4.98 Å². The summed E-state index contributed by atoms with van der Waals surface area (Å²) in [5, 5.41) is 23.2. The molecule has 3 aliphatic rings. The lowest BCUT2D eigenvalue weighted by Gasteiger charge is -2.35. The van der Waals surface area contributed by atoms with Crippen molar-refractivity contribution in [2.24, 2.45) is 0 Å². The van der Waals surface area contributed by atoms with Crippen LogP contribution in [0.15, 0.2) is 42.6 Å². The number of aromatic hydroxyl groups is 1. The second-order valence-electron chi connectivity index (χ2n) is 10.0. The minimum Gasteiger partial charge on any atom is -0.507 e. The van der Waals surface area contributed by atoms with Gasteiger partial charge in [-0.3, -0.25) is 0 Å². The fourth-order valence-electron chi connectivity index (χ4n) is 5.39. The van der Waals surface area contributed by atoms with Gasteiger partial charge in [-0.2, -0.15) is 0 Å². The first-order chi connectivity index (χ1) is 16.3. The highest BCUT2D eigenvalue weighted by atomic mass is 16.7. The Labute approximate surface area is 199 Å². The molecule has 2 fully saturated rings. The number of phenolic OH excluding ortho intramolecular Hbond substituents is 1. The van der Waals surface area contributed by atoms with Gasteiger partial charge in [-0.05, 0) is 61.1 Å². The molecule has 3 aliphatic heterocycles. The molecule has 2 aromatic carbocycles. The van der Waals surface area contributed by atoms with Gasteiger partial charge >= 0.3 is 0 Å². The highest BCUT2D eigenvalue weighted by molar-refractivity contribution is 5.74. The van der Waals surface area contributed by atoms with Crippen LogP contribution >= 0.6 is 0 Å². The number of piperidine rings is 1. The smallest absolute Gasteiger partial charge is 0.246 e. The van der Waals surface area contributed by atoms with Crippen LogP contribution in [-0.2, 0) is 0 Å². The van der Waals surface area contributed by atoms with Gasteiger partial charge in [-0.15, -0.1) is 10.2 Å². The van der Waals surface area contributed by atoms with Crippen molar-refractivity contribution >= 4 is 5.82 Å². The molecule has 0 spiro atoms. The topological polar surface area (TPSA) is 92.6 Å². The zero-order valence-electron chi connectivity index (χ0n) is 19.7. The predicted octanol–water partition coefficient (Wildman–Crippen LogP) is 4.14. The van der Waals surface area contributed by atoms with E-state index in [4.69, 9.17) is 9.47 Å². The van der Waals surface area contributed by atoms with E-state index in [9.17, 15) is 5.11 Å². The predicted molar refractivity (Wildman–Crippen MR) is 129 cm³/mol. The van der Waals surface area contributed by atoms with Gasteiger partial charge in [0.1, 0.15) is 5.75 Å². The number of rotatable bonds is 4. The van der Waals surface area contributed by atoms with E-state index in [2.05, 4.69) is 32.4 Å². The molecule has 176 valence electrons. The van der Waals surface area contributed by atoms with Gasteiger partial charge in [-0.1, -0.05) is 12.1 Å². The van der Waals surface area contributed by atoms with Crippen LogP contribution in [0.25, 0.3) is 22.5 Å². The van der Waals surface area contributed by atoms with Crippen molar-refractivity contribution in [3.8, 4) is 39.8 Å². The van der Waals surface area contributed by atoms with Crippen LogP contribution in [0.5, 0.6) is 17.2 Å². The van der Waals surface area contributed by atoms with Crippen LogP contribution in [0.4, 0.5) is 5.82 Å². The first-order valence-electron chi connectivity index (χ1n) is 11.9. The first-order valence-corrected chi connectivity index (χ1v) is 11.9. The summed E-state index contributed by atoms with van der Waals surface area (Å²) in [5.74, 6) is 2.00. The summed E-state index contributed by atoms with van der Waals surface area (Å²) in [6, 6.07) is 12.9. The number of aromatic nitrogens is 3. The molecule has 3 atom stereocenters. The van der Waals surface area contributed by atoms with Crippen LogP contribution in [0.2, 0.25) is 0 Å². The Bertz CT molecular complexity index is 1220. The van der Waals surface area contributed by atoms with Crippen molar-refractivity contribution in [3.63, 3.8) is 0 Å². The molecule has 4 heterocycles. The van der Waals surface area contributed by atoms with Crippen LogP contribution < -0.4 is 19.7 Å². The van der Waals surface area contributed by atoms with Gasteiger partial charge in [0.15, 0.2) is 23.1 Å². The van der Waals surface area contributed by atoms with Crippen LogP contribution in [0, 0.1) is 0 Å². The molecular formula is C26H29N5O3. The Morgan fingerprint density at radius 2 is 1.68 bits per heavy atom. The van der Waals surface area contributed by atoms with E-state index in [-0.39, 0.29) is 5.75 Å². The Morgan fingerprint density at radius 1 is 0.971 bits per heavy atom. The zero-order valence-corrected chi connectivity index (χ0v) is 19.7. The molecule has 6 rings (SSSR count). The lowest BCUT2D eigenvalue weighted by molar-refractivity contribution is -0.0431. The molecule has 2 bridgehead atoms. The number of fused-ring (bicyclic) bond motifs is 3. The molecule has 0 saturated carbocycles. The zero-order chi connectivity index (χ0) is 23.4. The number of hydrogen-bond acceptors (Lipinski definition) is 8. The second kappa shape index (κ2) is 7.84. The van der Waals surface area contributed by atoms with E-state index in [0.717, 1.165) is 35.5 Å². The number of anilines is 1. The normalized spacial score (nSPS) is 24.3. The van der Waals surface area contributed by atoms with Gasteiger partial charge in [0.05, 0.1) is 11.8 Å². The summed E-state index contributed by atoms with van der Waals surface area (Å²) >= 11 is 0. The van der Waals surface area contributed by atoms with Crippen LogP contribution in [-0.4, -0.2) is 51.2 Å². The standard InChI is InChI=1S/C26H29N5O3/c1-26(2)33-22-9-5-16(11-23(22)34-26)15-4-8-20(21(32)10-15)25-27-14-24(29-30-25)31(3)19-12-17-6-7-18(13-19)28-17/h4-5,8-11,14,17-19,28,32H,6-7,12-13H2,1-3H3/t17-,18+,19?. The average Bonchev–Trinajstić information content (AvgIpc) is 3.33. The van der Waals surface area contributed by atoms with Crippen molar-refractivity contribution < 1.29 is 14.6 Å². The molecule has 0 radical (unpaired) electrons. The van der Waals surface area contributed by atoms with Gasteiger partial charge < -0.3 is 24.8 Å². The van der Waals surface area contributed by atoms with Crippen LogP contribution in [0.1, 0.15) is 39.5 Å². The largest absolute Gasteiger partial charge is 0.507 e. The SMILES string of the molecule is CN(c1cnc(-c2ccc(-c3ccc4c(c3)OC(C)(C)O4)cc2O)nn1)C1C[C@H]2CC[C@@H](C1)N2. The first kappa shape index (κ1) is 21.2. The molecule has 0 amide bonds. The molecule has 2 saturated heterocycles. The minimum absolute atomic E-state index is 0.105. The summed E-state index contributed by atoms with van der Waals surface area (Å²) in [5.41, 5.74) is 2.34. The Hall–Kier alpha value is -3.39. The third-order valence-corrected chi connectivity index (χ3v) is 7.13. The quantitative estimate of drug-likeness (QED) is 0.602. The molecule has 8 nitrogen and oxygen atoms in total. The summed E-state index contributed by atoms with van der Waals surface area (Å²) in [6.45, 7) is 3.75. The van der Waals surface area contributed by atoms with Gasteiger partial charge in [0.25, 0.3) is 0 Å². The van der Waals surface area contributed by atoms with Crippen molar-refractivity contribution in [2.45, 2.75) is 63.4 Å². The minimum atomic E-state index is -0.676. The molecule has 1 unspecified atom stereocenters. The fourth-order valence-corrected chi connectivity index (χ4v) is 5.39. The Morgan fingerprint density at radius 3 is 2.38 bits per heavy atom. The van der Waals surface area contributed by atoms with E-state index in [0.29, 0.717) is 35.3 Å². The lowest BCUT2D eigenvalue weighted by Crippen LogP contribution is -2.47. The monoisotopic (exact) mass is 459 g/mol. The molecule has 34 heavy (non-hydrogen) atoms. The molecule has 2 N–H and O–H groups in total. The molecular weight excluding hydrogens is 430 g/mol. The molecule has 8 heteroatoms. The third kappa shape index (κ3) is 3.81. The number of nitrogens with one attached hydrogen (secondary N) is 1. The van der Waals surface area contributed by atoms with E-state index < -0.39 is 5.79 Å². The third-order valence-electron chi connectivity index (χ3n) is 7.13. The highest BCUT2D eigenvalue weighted by Crippen LogP contribution is 2.42. The fraction of sp³-hybridized carbons (Fsp3) is 0.423. The van der Waals surface area contributed by atoms with Crippen LogP contribution in [0.3, 0.4) is 0 Å². The van der Waals surface area contributed by atoms with Crippen molar-refractivity contribution in [1.82, 2.24) is 20.5 Å². The Balaban J connectivity index is 1.20. The van der Waals surface area contributed by atoms with Crippen molar-refractivity contribution in [3.05, 3.63) is 42.6 Å². The maximum atomic E-state index is 10.7. The van der Waals surface area contributed by atoms with E-state index in [1.807, 2.05) is 44.2 Å². The maximum Gasteiger partial charge on any atom is 0.246 e. The summed E-state index contributed by atoms with van der Waals surface area (Å²) < 4.78 is 11.6. The number of nitrogens with zero attached hydrogens (tertiary/aromatic N) is 4. The molecule has 1 aromatic heterocycles. The molecule has 3 aromatic rings. The summed E-state index contributed by atoms with van der Waals surface area (Å²) in [6.07, 6.45) is 6.51. The number of hydrogen-bond donors (Lipinski definition) is 2. The van der Waals surface area contributed by atoms with Gasteiger partial charge in [0, 0.05) is 39.0 Å². The Kier molecular flexibility index (Phi) is 4.88. The molecule has 0 aliphatic carbocycles. The highest BCUT2D eigenvalue weighted by Gasteiger charge is 2.35. The van der Waals surface area contributed by atoms with Gasteiger partial charge in [0.2, 0.25) is 5.79 Å². The number of benzene rings is 2. The number of phenols is 1. The van der Waals surface area contributed by atoms with E-state index in [1.54, 1.807) is 12.3 Å². The summed E-state index contributed by atoms with van der Waals surface area (Å²) in [4.78, 5) is 6.71. The average molecular weight is 460 g/mol. The van der Waals surface area contributed by atoms with E-state index in [1.165, 1.54) is 12.8 Å². The maximum absolute atomic E-state index is 10.7. The number of ether oxygens (including phenoxy) is 2. The summed E-state index contributed by atoms with van der Waals surface area (Å²) in [7, 11) is 2.07.